The lowest BCUT2D eigenvalue weighted by Crippen LogP contribution is -2.37. The first kappa shape index (κ1) is 19.9. The molecule has 0 radical (unpaired) electrons. The van der Waals surface area contributed by atoms with Crippen molar-refractivity contribution in [2.75, 3.05) is 13.6 Å². The SMILES string of the molecule is CCCCCCN(C)C1CCc2cccc(C3CCCCCCC3)c2C1. The van der Waals surface area contributed by atoms with Crippen molar-refractivity contribution in [3.63, 3.8) is 0 Å². The van der Waals surface area contributed by atoms with Gasteiger partial charge in [0, 0.05) is 6.04 Å². The summed E-state index contributed by atoms with van der Waals surface area (Å²) < 4.78 is 0. The molecule has 0 heterocycles. The van der Waals surface area contributed by atoms with Crippen LogP contribution in [0.2, 0.25) is 0 Å². The van der Waals surface area contributed by atoms with Crippen LogP contribution in [0, 0.1) is 0 Å². The lowest BCUT2D eigenvalue weighted by molar-refractivity contribution is 0.216. The van der Waals surface area contributed by atoms with Crippen molar-refractivity contribution in [1.29, 1.82) is 0 Å². The first-order chi connectivity index (χ1) is 12.8. The Morgan fingerprint density at radius 2 is 1.69 bits per heavy atom. The third kappa shape index (κ3) is 5.35. The standard InChI is InChI=1S/C25H41N/c1-3-4-5-11-19-26(2)23-18-17-22-15-12-16-24(25(22)20-23)21-13-9-7-6-8-10-14-21/h12,15-16,21,23H,3-11,13-14,17-20H2,1-2H3. The van der Waals surface area contributed by atoms with Crippen molar-refractivity contribution in [2.45, 2.75) is 109 Å². The maximum absolute atomic E-state index is 2.67. The van der Waals surface area contributed by atoms with Crippen LogP contribution in [-0.2, 0) is 12.8 Å². The third-order valence-electron chi connectivity index (χ3n) is 7.03. The van der Waals surface area contributed by atoms with Gasteiger partial charge < -0.3 is 4.90 Å². The molecule has 2 aliphatic rings. The van der Waals surface area contributed by atoms with Gasteiger partial charge in [-0.15, -0.1) is 0 Å². The van der Waals surface area contributed by atoms with Crippen molar-refractivity contribution >= 4 is 0 Å². The van der Waals surface area contributed by atoms with E-state index in [1.807, 2.05) is 0 Å². The molecule has 2 aliphatic carbocycles. The summed E-state index contributed by atoms with van der Waals surface area (Å²) >= 11 is 0. The van der Waals surface area contributed by atoms with Gasteiger partial charge in [0.15, 0.2) is 0 Å². The van der Waals surface area contributed by atoms with E-state index < -0.39 is 0 Å². The van der Waals surface area contributed by atoms with Crippen LogP contribution in [0.3, 0.4) is 0 Å². The highest BCUT2D eigenvalue weighted by molar-refractivity contribution is 5.40. The predicted molar refractivity (Wildman–Crippen MR) is 114 cm³/mol. The molecule has 0 saturated heterocycles. The molecule has 1 nitrogen and oxygen atoms in total. The number of nitrogens with zero attached hydrogens (tertiary/aromatic N) is 1. The molecule has 0 amide bonds. The van der Waals surface area contributed by atoms with Crippen LogP contribution in [-0.4, -0.2) is 24.5 Å². The van der Waals surface area contributed by atoms with Gasteiger partial charge in [-0.25, -0.2) is 0 Å². The number of aryl methyl sites for hydroxylation is 1. The van der Waals surface area contributed by atoms with Crippen molar-refractivity contribution in [1.82, 2.24) is 4.90 Å². The fourth-order valence-electron chi connectivity index (χ4n) is 5.29. The topological polar surface area (TPSA) is 3.24 Å². The zero-order valence-corrected chi connectivity index (χ0v) is 17.4. The van der Waals surface area contributed by atoms with Gasteiger partial charge in [0.2, 0.25) is 0 Å². The Kier molecular flexibility index (Phi) is 8.05. The molecule has 1 fully saturated rings. The van der Waals surface area contributed by atoms with Crippen LogP contribution in [0.4, 0.5) is 0 Å². The molecule has 1 aromatic carbocycles. The maximum atomic E-state index is 2.67. The van der Waals surface area contributed by atoms with E-state index in [-0.39, 0.29) is 0 Å². The Hall–Kier alpha value is -0.820. The maximum Gasteiger partial charge on any atom is 0.0136 e. The number of rotatable bonds is 7. The number of likely N-dealkylation sites (N-methyl/N-ethyl adjacent to an activating group) is 1. The molecule has 26 heavy (non-hydrogen) atoms. The number of hydrogen-bond acceptors (Lipinski definition) is 1. The third-order valence-corrected chi connectivity index (χ3v) is 7.03. The smallest absolute Gasteiger partial charge is 0.0136 e. The molecule has 0 N–H and O–H groups in total. The van der Waals surface area contributed by atoms with E-state index in [2.05, 4.69) is 37.1 Å². The quantitative estimate of drug-likeness (QED) is 0.482. The zero-order valence-electron chi connectivity index (χ0n) is 17.4. The van der Waals surface area contributed by atoms with Crippen molar-refractivity contribution in [3.8, 4) is 0 Å². The largest absolute Gasteiger partial charge is 0.303 e. The van der Waals surface area contributed by atoms with E-state index in [4.69, 9.17) is 0 Å². The van der Waals surface area contributed by atoms with Gasteiger partial charge in [0.05, 0.1) is 0 Å². The average Bonchev–Trinajstić information content (AvgIpc) is 2.64. The summed E-state index contributed by atoms with van der Waals surface area (Å²) in [5, 5.41) is 0. The van der Waals surface area contributed by atoms with Gasteiger partial charge in [0.1, 0.15) is 0 Å². The highest BCUT2D eigenvalue weighted by Gasteiger charge is 2.26. The molecule has 1 atom stereocenters. The molecule has 1 heteroatoms. The fraction of sp³-hybridized carbons (Fsp3) is 0.760. The highest BCUT2D eigenvalue weighted by atomic mass is 15.1. The van der Waals surface area contributed by atoms with Crippen LogP contribution in [0.5, 0.6) is 0 Å². The lowest BCUT2D eigenvalue weighted by Gasteiger charge is -2.35. The van der Waals surface area contributed by atoms with Crippen LogP contribution in [0.1, 0.15) is 107 Å². The normalized spacial score (nSPS) is 22.0. The van der Waals surface area contributed by atoms with Gasteiger partial charge in [-0.1, -0.05) is 76.5 Å². The number of benzene rings is 1. The Balaban J connectivity index is 1.66. The second-order valence-electron chi connectivity index (χ2n) is 8.96. The number of fused-ring (bicyclic) bond motifs is 1. The summed E-state index contributed by atoms with van der Waals surface area (Å²) in [6, 6.07) is 8.01. The minimum atomic E-state index is 0.763. The van der Waals surface area contributed by atoms with Crippen LogP contribution < -0.4 is 0 Å². The van der Waals surface area contributed by atoms with Gasteiger partial charge in [-0.2, -0.15) is 0 Å². The van der Waals surface area contributed by atoms with E-state index in [0.29, 0.717) is 0 Å². The Labute approximate surface area is 162 Å². The molecule has 1 aromatic rings. The second kappa shape index (κ2) is 10.5. The van der Waals surface area contributed by atoms with Crippen LogP contribution >= 0.6 is 0 Å². The molecule has 146 valence electrons. The minimum absolute atomic E-state index is 0.763. The monoisotopic (exact) mass is 355 g/mol. The van der Waals surface area contributed by atoms with Crippen LogP contribution in [0.15, 0.2) is 18.2 Å². The summed E-state index contributed by atoms with van der Waals surface area (Å²) in [6.45, 7) is 3.59. The van der Waals surface area contributed by atoms with Crippen LogP contribution in [0.25, 0.3) is 0 Å². The first-order valence-electron chi connectivity index (χ1n) is 11.6. The number of hydrogen-bond donors (Lipinski definition) is 0. The van der Waals surface area contributed by atoms with Crippen molar-refractivity contribution in [2.24, 2.45) is 0 Å². The van der Waals surface area contributed by atoms with E-state index in [1.54, 1.807) is 16.7 Å². The molecular formula is C25H41N. The minimum Gasteiger partial charge on any atom is -0.303 e. The Morgan fingerprint density at radius 3 is 2.46 bits per heavy atom. The van der Waals surface area contributed by atoms with E-state index >= 15 is 0 Å². The molecular weight excluding hydrogens is 314 g/mol. The first-order valence-corrected chi connectivity index (χ1v) is 11.6. The van der Waals surface area contributed by atoms with Gasteiger partial charge in [-0.05, 0) is 74.7 Å². The van der Waals surface area contributed by atoms with Crippen molar-refractivity contribution in [3.05, 3.63) is 34.9 Å². The Morgan fingerprint density at radius 1 is 0.923 bits per heavy atom. The van der Waals surface area contributed by atoms with E-state index in [1.165, 1.54) is 96.4 Å². The molecule has 0 bridgehead atoms. The van der Waals surface area contributed by atoms with Crippen molar-refractivity contribution < 1.29 is 0 Å². The van der Waals surface area contributed by atoms with Gasteiger partial charge >= 0.3 is 0 Å². The highest BCUT2D eigenvalue weighted by Crippen LogP contribution is 2.37. The summed E-state index contributed by atoms with van der Waals surface area (Å²) in [5.41, 5.74) is 5.14. The summed E-state index contributed by atoms with van der Waals surface area (Å²) in [7, 11) is 2.38. The molecule has 0 aliphatic heterocycles. The lowest BCUT2D eigenvalue weighted by atomic mass is 9.78. The number of unbranched alkanes of at least 4 members (excludes halogenated alkanes) is 3. The molecule has 3 rings (SSSR count). The molecule has 0 spiro atoms. The van der Waals surface area contributed by atoms with E-state index in [0.717, 1.165) is 12.0 Å². The summed E-state index contributed by atoms with van der Waals surface area (Å²) in [4.78, 5) is 2.67. The molecule has 1 unspecified atom stereocenters. The van der Waals surface area contributed by atoms with Gasteiger partial charge in [-0.3, -0.25) is 0 Å². The molecule has 0 aromatic heterocycles. The van der Waals surface area contributed by atoms with Gasteiger partial charge in [0.25, 0.3) is 0 Å². The predicted octanol–water partition coefficient (Wildman–Crippen LogP) is 6.88. The van der Waals surface area contributed by atoms with E-state index in [9.17, 15) is 0 Å². The second-order valence-corrected chi connectivity index (χ2v) is 8.96. The molecule has 1 saturated carbocycles. The fourth-order valence-corrected chi connectivity index (χ4v) is 5.29. The Bertz CT molecular complexity index is 527. The summed E-state index contributed by atoms with van der Waals surface area (Å²) in [6.07, 6.45) is 19.5. The zero-order chi connectivity index (χ0) is 18.2. The summed E-state index contributed by atoms with van der Waals surface area (Å²) in [5.74, 6) is 0.832. The average molecular weight is 356 g/mol.